The average molecular weight is 552 g/mol. The summed E-state index contributed by atoms with van der Waals surface area (Å²) in [5.74, 6) is 1.81. The van der Waals surface area contributed by atoms with E-state index in [1.165, 1.54) is 6.33 Å². The Morgan fingerprint density at radius 1 is 1.12 bits per heavy atom. The number of benzene rings is 2. The number of piperidine rings is 1. The average Bonchev–Trinajstić information content (AvgIpc) is 3.66. The molecule has 11 nitrogen and oxygen atoms in total. The highest BCUT2D eigenvalue weighted by Crippen LogP contribution is 2.37. The van der Waals surface area contributed by atoms with Crippen molar-refractivity contribution < 1.29 is 9.53 Å². The maximum atomic E-state index is 12.7. The minimum atomic E-state index is -0.0781. The second-order valence-corrected chi connectivity index (χ2v) is 10.2. The van der Waals surface area contributed by atoms with Crippen LogP contribution in [0.4, 0.5) is 11.5 Å². The number of nitrogens with two attached hydrogens (primary N) is 1. The van der Waals surface area contributed by atoms with Crippen LogP contribution in [0, 0.1) is 0 Å². The molecular formula is C30H33N9O2. The molecule has 1 aliphatic heterocycles. The third kappa shape index (κ3) is 5.75. The van der Waals surface area contributed by atoms with Crippen LogP contribution < -0.4 is 15.8 Å². The van der Waals surface area contributed by atoms with Gasteiger partial charge in [0.2, 0.25) is 5.91 Å². The van der Waals surface area contributed by atoms with Crippen molar-refractivity contribution in [1.82, 2.24) is 34.6 Å². The van der Waals surface area contributed by atoms with E-state index >= 15 is 0 Å². The highest BCUT2D eigenvalue weighted by molar-refractivity contribution is 5.99. The van der Waals surface area contributed by atoms with Crippen LogP contribution in [0.15, 0.2) is 67.3 Å². The molecule has 1 amide bonds. The van der Waals surface area contributed by atoms with E-state index in [2.05, 4.69) is 30.2 Å². The summed E-state index contributed by atoms with van der Waals surface area (Å²) in [6, 6.07) is 15.8. The van der Waals surface area contributed by atoms with Gasteiger partial charge >= 0.3 is 0 Å². The number of nitrogens with one attached hydrogen (secondary N) is 2. The number of likely N-dealkylation sites (tertiary alicyclic amines) is 1. The molecule has 0 unspecified atom stereocenters. The van der Waals surface area contributed by atoms with Crippen molar-refractivity contribution in [3.8, 4) is 17.0 Å². The fourth-order valence-corrected chi connectivity index (χ4v) is 5.43. The van der Waals surface area contributed by atoms with Gasteiger partial charge < -0.3 is 20.8 Å². The number of ether oxygens (including phenoxy) is 1. The number of carbonyl (C=O) groups is 1. The number of carbonyl (C=O) groups excluding carboxylic acids is 1. The van der Waals surface area contributed by atoms with Gasteiger partial charge in [-0.1, -0.05) is 36.4 Å². The highest BCUT2D eigenvalue weighted by atomic mass is 16.5. The van der Waals surface area contributed by atoms with E-state index in [1.807, 2.05) is 59.4 Å². The SMILES string of the molecule is COc1cc(-c2nn(C3CCN(Cc4ncc[nH]4)CC3)c3ncnc(N)c23)ccc1NC(=O)CCc1ccccc1. The largest absolute Gasteiger partial charge is 0.495 e. The van der Waals surface area contributed by atoms with Crippen molar-refractivity contribution in [3.05, 3.63) is 78.6 Å². The van der Waals surface area contributed by atoms with Crippen molar-refractivity contribution in [2.24, 2.45) is 0 Å². The van der Waals surface area contributed by atoms with Crippen LogP contribution in [0.25, 0.3) is 22.3 Å². The number of fused-ring (bicyclic) bond motifs is 1. The maximum absolute atomic E-state index is 12.7. The standard InChI is InChI=1S/C30H33N9O2/c1-41-24-17-21(8-9-23(24)36-26(40)10-7-20-5-3-2-4-6-20)28-27-29(31)34-19-35-30(27)39(37-28)22-11-15-38(16-12-22)18-25-32-13-14-33-25/h2-6,8-9,13-14,17,19,22H,7,10-12,15-16,18H2,1H3,(H,32,33)(H,36,40)(H2,31,34,35). The number of aromatic amines is 1. The lowest BCUT2D eigenvalue weighted by Gasteiger charge is -2.31. The number of nitrogen functional groups attached to an aromatic ring is 1. The minimum absolute atomic E-state index is 0.0781. The minimum Gasteiger partial charge on any atom is -0.495 e. The van der Waals surface area contributed by atoms with Crippen LogP contribution in [0.5, 0.6) is 5.75 Å². The number of amides is 1. The quantitative estimate of drug-likeness (QED) is 0.247. The number of anilines is 2. The van der Waals surface area contributed by atoms with E-state index < -0.39 is 0 Å². The normalized spacial score (nSPS) is 14.4. The second-order valence-electron chi connectivity index (χ2n) is 10.2. The second kappa shape index (κ2) is 11.8. The molecule has 1 saturated heterocycles. The summed E-state index contributed by atoms with van der Waals surface area (Å²) >= 11 is 0. The van der Waals surface area contributed by atoms with Crippen LogP contribution in [-0.2, 0) is 17.8 Å². The first-order chi connectivity index (χ1) is 20.1. The van der Waals surface area contributed by atoms with Crippen molar-refractivity contribution >= 4 is 28.4 Å². The number of hydrogen-bond acceptors (Lipinski definition) is 8. The number of rotatable bonds is 9. The Hall–Kier alpha value is -4.77. The first-order valence-electron chi connectivity index (χ1n) is 13.8. The van der Waals surface area contributed by atoms with Gasteiger partial charge in [-0.2, -0.15) is 5.10 Å². The molecule has 0 spiro atoms. The molecule has 6 rings (SSSR count). The summed E-state index contributed by atoms with van der Waals surface area (Å²) in [6.45, 7) is 2.65. The van der Waals surface area contributed by atoms with Crippen LogP contribution in [0.3, 0.4) is 0 Å². The van der Waals surface area contributed by atoms with E-state index in [0.29, 0.717) is 46.8 Å². The fourth-order valence-electron chi connectivity index (χ4n) is 5.43. The maximum Gasteiger partial charge on any atom is 0.224 e. The van der Waals surface area contributed by atoms with E-state index in [4.69, 9.17) is 15.6 Å². The van der Waals surface area contributed by atoms with Crippen LogP contribution in [0.1, 0.15) is 36.7 Å². The molecule has 210 valence electrons. The predicted octanol–water partition coefficient (Wildman–Crippen LogP) is 4.22. The summed E-state index contributed by atoms with van der Waals surface area (Å²) in [7, 11) is 1.59. The molecule has 41 heavy (non-hydrogen) atoms. The third-order valence-corrected chi connectivity index (χ3v) is 7.58. The molecule has 5 aromatic rings. The number of aryl methyl sites for hydroxylation is 1. The summed E-state index contributed by atoms with van der Waals surface area (Å²) in [5.41, 5.74) is 10.3. The molecule has 4 N–H and O–H groups in total. The number of aromatic nitrogens is 6. The van der Waals surface area contributed by atoms with Gasteiger partial charge in [0.05, 0.1) is 30.8 Å². The number of methoxy groups -OCH3 is 1. The Bertz CT molecular complexity index is 1630. The molecule has 2 aromatic carbocycles. The van der Waals surface area contributed by atoms with E-state index in [0.717, 1.165) is 49.4 Å². The zero-order valence-electron chi connectivity index (χ0n) is 23.0. The molecule has 11 heteroatoms. The lowest BCUT2D eigenvalue weighted by molar-refractivity contribution is -0.116. The summed E-state index contributed by atoms with van der Waals surface area (Å²) in [6.07, 6.45) is 8.02. The highest BCUT2D eigenvalue weighted by Gasteiger charge is 2.26. The molecule has 0 radical (unpaired) electrons. The molecule has 0 aliphatic carbocycles. The van der Waals surface area contributed by atoms with Gasteiger partial charge in [-0.15, -0.1) is 0 Å². The third-order valence-electron chi connectivity index (χ3n) is 7.58. The van der Waals surface area contributed by atoms with Gasteiger partial charge in [-0.05, 0) is 37.0 Å². The number of imidazole rings is 1. The van der Waals surface area contributed by atoms with E-state index in [-0.39, 0.29) is 11.9 Å². The number of nitrogens with zero attached hydrogens (tertiary/aromatic N) is 6. The summed E-state index contributed by atoms with van der Waals surface area (Å²) in [5, 5.41) is 8.73. The number of H-pyrrole nitrogens is 1. The molecule has 4 heterocycles. The fraction of sp³-hybridized carbons (Fsp3) is 0.300. The van der Waals surface area contributed by atoms with Gasteiger partial charge in [0, 0.05) is 37.5 Å². The summed E-state index contributed by atoms with van der Waals surface area (Å²) in [4.78, 5) is 31.5. The van der Waals surface area contributed by atoms with Crippen LogP contribution >= 0.6 is 0 Å². The predicted molar refractivity (Wildman–Crippen MR) is 157 cm³/mol. The molecule has 1 fully saturated rings. The molecular weight excluding hydrogens is 518 g/mol. The molecule has 0 bridgehead atoms. The van der Waals surface area contributed by atoms with Gasteiger partial charge in [-0.25, -0.2) is 19.6 Å². The van der Waals surface area contributed by atoms with Crippen molar-refractivity contribution in [2.75, 3.05) is 31.2 Å². The molecule has 3 aromatic heterocycles. The first kappa shape index (κ1) is 26.5. The smallest absolute Gasteiger partial charge is 0.224 e. The Kier molecular flexibility index (Phi) is 7.59. The molecule has 0 saturated carbocycles. The lowest BCUT2D eigenvalue weighted by Crippen LogP contribution is -2.34. The molecule has 0 atom stereocenters. The molecule has 1 aliphatic rings. The zero-order valence-corrected chi connectivity index (χ0v) is 23.0. The van der Waals surface area contributed by atoms with Gasteiger partial charge in [-0.3, -0.25) is 9.69 Å². The van der Waals surface area contributed by atoms with Crippen LogP contribution in [0.2, 0.25) is 0 Å². The van der Waals surface area contributed by atoms with E-state index in [1.54, 1.807) is 13.3 Å². The van der Waals surface area contributed by atoms with Gasteiger partial charge in [0.1, 0.15) is 29.4 Å². The first-order valence-corrected chi connectivity index (χ1v) is 13.8. The summed E-state index contributed by atoms with van der Waals surface area (Å²) < 4.78 is 7.67. The zero-order chi connectivity index (χ0) is 28.2. The monoisotopic (exact) mass is 551 g/mol. The van der Waals surface area contributed by atoms with Crippen molar-refractivity contribution in [3.63, 3.8) is 0 Å². The van der Waals surface area contributed by atoms with Gasteiger partial charge in [0.15, 0.2) is 5.65 Å². The Labute approximate surface area is 237 Å². The van der Waals surface area contributed by atoms with Gasteiger partial charge in [0.25, 0.3) is 0 Å². The lowest BCUT2D eigenvalue weighted by atomic mass is 10.1. The van der Waals surface area contributed by atoms with Crippen LogP contribution in [-0.4, -0.2) is 60.7 Å². The van der Waals surface area contributed by atoms with E-state index in [9.17, 15) is 4.79 Å². The van der Waals surface area contributed by atoms with Crippen molar-refractivity contribution in [1.29, 1.82) is 0 Å². The Balaban J connectivity index is 1.22. The number of hydrogen-bond donors (Lipinski definition) is 3. The topological polar surface area (TPSA) is 140 Å². The Morgan fingerprint density at radius 2 is 1.95 bits per heavy atom. The van der Waals surface area contributed by atoms with Crippen molar-refractivity contribution in [2.45, 2.75) is 38.3 Å². The Morgan fingerprint density at radius 3 is 2.71 bits per heavy atom.